The molecule has 0 aliphatic heterocycles. The van der Waals surface area contributed by atoms with Gasteiger partial charge in [-0.1, -0.05) is 0 Å². The molecule has 0 aromatic carbocycles. The SMILES string of the molecule is Cn1c(=O)c(C#N)cn(CCN)c1=O. The van der Waals surface area contributed by atoms with Crippen LogP contribution in [-0.4, -0.2) is 15.7 Å². The molecule has 6 nitrogen and oxygen atoms in total. The molecule has 0 bridgehead atoms. The molecule has 0 aliphatic rings. The van der Waals surface area contributed by atoms with Crippen LogP contribution in [0.3, 0.4) is 0 Å². The van der Waals surface area contributed by atoms with E-state index in [0.29, 0.717) is 6.54 Å². The van der Waals surface area contributed by atoms with Crippen molar-refractivity contribution < 1.29 is 0 Å². The maximum Gasteiger partial charge on any atom is 0.330 e. The van der Waals surface area contributed by atoms with Gasteiger partial charge in [-0.05, 0) is 0 Å². The topological polar surface area (TPSA) is 93.8 Å². The zero-order valence-corrected chi connectivity index (χ0v) is 7.73. The molecule has 1 aromatic heterocycles. The first-order chi connectivity index (χ1) is 6.61. The highest BCUT2D eigenvalue weighted by Crippen LogP contribution is 1.85. The Hall–Kier alpha value is -1.87. The molecule has 74 valence electrons. The molecule has 0 aliphatic carbocycles. The van der Waals surface area contributed by atoms with Crippen molar-refractivity contribution in [3.8, 4) is 6.07 Å². The van der Waals surface area contributed by atoms with E-state index in [0.717, 1.165) is 4.57 Å². The molecule has 1 aromatic rings. The van der Waals surface area contributed by atoms with Crippen LogP contribution in [0, 0.1) is 11.3 Å². The standard InChI is InChI=1S/C8H10N4O2/c1-11-7(13)6(4-10)5-12(3-2-9)8(11)14/h5H,2-3,9H2,1H3. The van der Waals surface area contributed by atoms with Gasteiger partial charge in [-0.2, -0.15) is 5.26 Å². The highest BCUT2D eigenvalue weighted by Gasteiger charge is 2.06. The number of aromatic nitrogens is 2. The van der Waals surface area contributed by atoms with Gasteiger partial charge in [0.1, 0.15) is 11.6 Å². The van der Waals surface area contributed by atoms with Crippen molar-refractivity contribution in [3.63, 3.8) is 0 Å². The minimum atomic E-state index is -0.578. The third-order valence-corrected chi connectivity index (χ3v) is 1.84. The van der Waals surface area contributed by atoms with E-state index in [9.17, 15) is 9.59 Å². The summed E-state index contributed by atoms with van der Waals surface area (Å²) >= 11 is 0. The lowest BCUT2D eigenvalue weighted by atomic mass is 10.3. The summed E-state index contributed by atoms with van der Waals surface area (Å²) in [5, 5.41) is 8.62. The summed E-state index contributed by atoms with van der Waals surface area (Å²) in [7, 11) is 1.33. The van der Waals surface area contributed by atoms with Crippen LogP contribution in [-0.2, 0) is 13.6 Å². The van der Waals surface area contributed by atoms with Crippen LogP contribution < -0.4 is 17.0 Å². The summed E-state index contributed by atoms with van der Waals surface area (Å²) in [6, 6.07) is 1.73. The summed E-state index contributed by atoms with van der Waals surface area (Å²) in [6.07, 6.45) is 1.23. The van der Waals surface area contributed by atoms with Crippen molar-refractivity contribution in [2.45, 2.75) is 6.54 Å². The van der Waals surface area contributed by atoms with E-state index >= 15 is 0 Å². The number of nitrogens with two attached hydrogens (primary N) is 1. The van der Waals surface area contributed by atoms with Crippen LogP contribution in [0.2, 0.25) is 0 Å². The van der Waals surface area contributed by atoms with E-state index in [-0.39, 0.29) is 12.1 Å². The van der Waals surface area contributed by atoms with E-state index in [1.165, 1.54) is 17.8 Å². The molecule has 0 saturated heterocycles. The molecule has 0 unspecified atom stereocenters. The molecule has 0 radical (unpaired) electrons. The summed E-state index contributed by atoms with van der Waals surface area (Å²) in [4.78, 5) is 22.7. The van der Waals surface area contributed by atoms with Gasteiger partial charge in [-0.25, -0.2) is 4.79 Å². The fourth-order valence-electron chi connectivity index (χ4n) is 1.10. The van der Waals surface area contributed by atoms with E-state index in [2.05, 4.69) is 0 Å². The molecule has 0 saturated carbocycles. The molecule has 14 heavy (non-hydrogen) atoms. The largest absolute Gasteiger partial charge is 0.330 e. The third kappa shape index (κ3) is 1.58. The van der Waals surface area contributed by atoms with Gasteiger partial charge in [0.2, 0.25) is 0 Å². The van der Waals surface area contributed by atoms with Gasteiger partial charge in [0.05, 0.1) is 0 Å². The summed E-state index contributed by atoms with van der Waals surface area (Å²) in [5.74, 6) is 0. The van der Waals surface area contributed by atoms with Crippen LogP contribution in [0.25, 0.3) is 0 Å². The van der Waals surface area contributed by atoms with Gasteiger partial charge in [-0.3, -0.25) is 13.9 Å². The van der Waals surface area contributed by atoms with E-state index in [1.54, 1.807) is 6.07 Å². The monoisotopic (exact) mass is 194 g/mol. The lowest BCUT2D eigenvalue weighted by Crippen LogP contribution is -2.39. The van der Waals surface area contributed by atoms with Crippen LogP contribution in [0.4, 0.5) is 0 Å². The maximum absolute atomic E-state index is 11.4. The quantitative estimate of drug-likeness (QED) is 0.612. The van der Waals surface area contributed by atoms with Gasteiger partial charge in [0.25, 0.3) is 5.56 Å². The maximum atomic E-state index is 11.4. The first-order valence-electron chi connectivity index (χ1n) is 4.02. The smallest absolute Gasteiger partial charge is 0.329 e. The lowest BCUT2D eigenvalue weighted by molar-refractivity contribution is 0.604. The predicted octanol–water partition coefficient (Wildman–Crippen LogP) is -1.62. The molecule has 1 rings (SSSR count). The first-order valence-corrected chi connectivity index (χ1v) is 4.02. The number of hydrogen-bond donors (Lipinski definition) is 1. The molecule has 0 fully saturated rings. The van der Waals surface area contributed by atoms with E-state index in [4.69, 9.17) is 11.0 Å². The molecular weight excluding hydrogens is 184 g/mol. The Bertz CT molecular complexity index is 492. The van der Waals surface area contributed by atoms with Gasteiger partial charge in [-0.15, -0.1) is 0 Å². The molecule has 6 heteroatoms. The van der Waals surface area contributed by atoms with Crippen molar-refractivity contribution in [1.82, 2.24) is 9.13 Å². The normalized spacial score (nSPS) is 9.79. The minimum absolute atomic E-state index is 0.0550. The second-order valence-corrected chi connectivity index (χ2v) is 2.78. The molecule has 2 N–H and O–H groups in total. The van der Waals surface area contributed by atoms with Crippen molar-refractivity contribution in [2.24, 2.45) is 12.8 Å². The Balaban J connectivity index is 3.51. The van der Waals surface area contributed by atoms with Gasteiger partial charge in [0.15, 0.2) is 0 Å². The molecule has 0 spiro atoms. The average molecular weight is 194 g/mol. The summed E-state index contributed by atoms with van der Waals surface area (Å²) in [5.41, 5.74) is 4.19. The van der Waals surface area contributed by atoms with E-state index < -0.39 is 11.2 Å². The molecular formula is C8H10N4O2. The van der Waals surface area contributed by atoms with Gasteiger partial charge >= 0.3 is 5.69 Å². The average Bonchev–Trinajstić information content (AvgIpc) is 2.19. The molecule has 0 atom stereocenters. The zero-order valence-electron chi connectivity index (χ0n) is 7.73. The first kappa shape index (κ1) is 10.2. The van der Waals surface area contributed by atoms with Crippen LogP contribution in [0.15, 0.2) is 15.8 Å². The third-order valence-electron chi connectivity index (χ3n) is 1.84. The Morgan fingerprint density at radius 2 is 2.21 bits per heavy atom. The highest BCUT2D eigenvalue weighted by atomic mass is 16.2. The van der Waals surface area contributed by atoms with Crippen molar-refractivity contribution in [1.29, 1.82) is 5.26 Å². The number of rotatable bonds is 2. The second-order valence-electron chi connectivity index (χ2n) is 2.78. The fraction of sp³-hybridized carbons (Fsp3) is 0.375. The Morgan fingerprint density at radius 1 is 1.57 bits per heavy atom. The second kappa shape index (κ2) is 3.89. The zero-order chi connectivity index (χ0) is 10.7. The molecule has 0 amide bonds. The minimum Gasteiger partial charge on any atom is -0.329 e. The molecule has 1 heterocycles. The fourth-order valence-corrected chi connectivity index (χ4v) is 1.10. The highest BCUT2D eigenvalue weighted by molar-refractivity contribution is 5.22. The Kier molecular flexibility index (Phi) is 2.84. The van der Waals surface area contributed by atoms with Crippen LogP contribution in [0.1, 0.15) is 5.56 Å². The number of hydrogen-bond acceptors (Lipinski definition) is 4. The van der Waals surface area contributed by atoms with Gasteiger partial charge in [0, 0.05) is 26.3 Å². The summed E-state index contributed by atoms with van der Waals surface area (Å²) in [6.45, 7) is 0.574. The number of nitrogens with zero attached hydrogens (tertiary/aromatic N) is 3. The Morgan fingerprint density at radius 3 is 2.71 bits per heavy atom. The lowest BCUT2D eigenvalue weighted by Gasteiger charge is -2.05. The van der Waals surface area contributed by atoms with Gasteiger partial charge < -0.3 is 5.73 Å². The van der Waals surface area contributed by atoms with Crippen molar-refractivity contribution >= 4 is 0 Å². The Labute approximate surface area is 79.8 Å². The van der Waals surface area contributed by atoms with Crippen molar-refractivity contribution in [3.05, 3.63) is 32.6 Å². The van der Waals surface area contributed by atoms with E-state index in [1.807, 2.05) is 0 Å². The van der Waals surface area contributed by atoms with Crippen molar-refractivity contribution in [2.75, 3.05) is 6.54 Å². The number of nitriles is 1. The van der Waals surface area contributed by atoms with Crippen LogP contribution in [0.5, 0.6) is 0 Å². The van der Waals surface area contributed by atoms with Crippen LogP contribution >= 0.6 is 0 Å². The summed E-state index contributed by atoms with van der Waals surface area (Å²) < 4.78 is 2.15. The predicted molar refractivity (Wildman–Crippen MR) is 49.7 cm³/mol.